The van der Waals surface area contributed by atoms with Gasteiger partial charge < -0.3 is 20.6 Å². The molecule has 0 radical (unpaired) electrons. The minimum atomic E-state index is -0.618. The SMILES string of the molecule is CCNC(=NCC1(O)CCCC1)NC1CCN(C(=O)C(CC)CC)CC1. The van der Waals surface area contributed by atoms with Gasteiger partial charge in [-0.2, -0.15) is 0 Å². The molecule has 0 atom stereocenters. The lowest BCUT2D eigenvalue weighted by Crippen LogP contribution is -2.51. The van der Waals surface area contributed by atoms with Crippen molar-refractivity contribution in [2.45, 2.75) is 83.8 Å². The molecule has 1 saturated carbocycles. The summed E-state index contributed by atoms with van der Waals surface area (Å²) in [4.78, 5) is 19.2. The van der Waals surface area contributed by atoms with Crippen LogP contribution in [0.25, 0.3) is 0 Å². The third kappa shape index (κ3) is 5.86. The van der Waals surface area contributed by atoms with Crippen molar-refractivity contribution < 1.29 is 9.90 Å². The lowest BCUT2D eigenvalue weighted by atomic mass is 9.98. The molecule has 0 bridgehead atoms. The summed E-state index contributed by atoms with van der Waals surface area (Å²) < 4.78 is 0. The van der Waals surface area contributed by atoms with Gasteiger partial charge in [-0.15, -0.1) is 0 Å². The number of amides is 1. The molecule has 2 aliphatic rings. The maximum atomic E-state index is 12.5. The van der Waals surface area contributed by atoms with Crippen LogP contribution in [0.15, 0.2) is 4.99 Å². The Morgan fingerprint density at radius 2 is 1.81 bits per heavy atom. The van der Waals surface area contributed by atoms with E-state index in [1.165, 1.54) is 0 Å². The number of hydrogen-bond acceptors (Lipinski definition) is 3. The molecule has 3 N–H and O–H groups in total. The van der Waals surface area contributed by atoms with Crippen molar-refractivity contribution in [2.75, 3.05) is 26.2 Å². The van der Waals surface area contributed by atoms with Crippen molar-refractivity contribution in [1.29, 1.82) is 0 Å². The first-order chi connectivity index (χ1) is 12.5. The molecule has 0 spiro atoms. The number of nitrogens with zero attached hydrogens (tertiary/aromatic N) is 2. The molecule has 6 heteroatoms. The average Bonchev–Trinajstić information content (AvgIpc) is 3.08. The summed E-state index contributed by atoms with van der Waals surface area (Å²) in [5.74, 6) is 1.28. The van der Waals surface area contributed by atoms with Crippen LogP contribution in [0, 0.1) is 5.92 Å². The highest BCUT2D eigenvalue weighted by molar-refractivity contribution is 5.80. The smallest absolute Gasteiger partial charge is 0.225 e. The van der Waals surface area contributed by atoms with E-state index < -0.39 is 5.60 Å². The van der Waals surface area contributed by atoms with Crippen LogP contribution in [0.5, 0.6) is 0 Å². The average molecular weight is 367 g/mol. The largest absolute Gasteiger partial charge is 0.388 e. The zero-order chi connectivity index (χ0) is 19.0. The normalized spacial score (nSPS) is 21.3. The summed E-state index contributed by atoms with van der Waals surface area (Å²) in [5.41, 5.74) is -0.618. The van der Waals surface area contributed by atoms with Crippen molar-refractivity contribution in [3.8, 4) is 0 Å². The van der Waals surface area contributed by atoms with E-state index in [0.29, 0.717) is 18.5 Å². The van der Waals surface area contributed by atoms with E-state index in [0.717, 1.165) is 77.0 Å². The third-order valence-electron chi connectivity index (χ3n) is 5.89. The number of rotatable bonds is 7. The Labute approximate surface area is 158 Å². The zero-order valence-corrected chi connectivity index (χ0v) is 16.9. The van der Waals surface area contributed by atoms with Crippen LogP contribution < -0.4 is 10.6 Å². The predicted octanol–water partition coefficient (Wildman–Crippen LogP) is 2.27. The molecule has 1 heterocycles. The number of piperidine rings is 1. The second-order valence-electron chi connectivity index (χ2n) is 7.88. The lowest BCUT2D eigenvalue weighted by molar-refractivity contribution is -0.136. The Morgan fingerprint density at radius 3 is 2.35 bits per heavy atom. The lowest BCUT2D eigenvalue weighted by Gasteiger charge is -2.35. The van der Waals surface area contributed by atoms with Crippen LogP contribution >= 0.6 is 0 Å². The summed E-state index contributed by atoms with van der Waals surface area (Å²) in [5, 5.41) is 17.3. The number of guanidine groups is 1. The van der Waals surface area contributed by atoms with E-state index in [1.807, 2.05) is 4.90 Å². The fraction of sp³-hybridized carbons (Fsp3) is 0.900. The maximum Gasteiger partial charge on any atom is 0.225 e. The molecule has 1 aliphatic carbocycles. The fourth-order valence-electron chi connectivity index (χ4n) is 4.07. The second-order valence-corrected chi connectivity index (χ2v) is 7.88. The van der Waals surface area contributed by atoms with Gasteiger partial charge in [0.15, 0.2) is 5.96 Å². The monoisotopic (exact) mass is 366 g/mol. The number of aliphatic hydroxyl groups is 1. The van der Waals surface area contributed by atoms with E-state index in [-0.39, 0.29) is 5.92 Å². The van der Waals surface area contributed by atoms with E-state index in [4.69, 9.17) is 0 Å². The first kappa shape index (κ1) is 21.0. The van der Waals surface area contributed by atoms with Gasteiger partial charge in [0, 0.05) is 31.6 Å². The molecule has 0 aromatic heterocycles. The molecule has 1 aliphatic heterocycles. The van der Waals surface area contributed by atoms with Crippen LogP contribution in [0.2, 0.25) is 0 Å². The van der Waals surface area contributed by atoms with Crippen molar-refractivity contribution in [2.24, 2.45) is 10.9 Å². The van der Waals surface area contributed by atoms with E-state index in [1.54, 1.807) is 0 Å². The minimum Gasteiger partial charge on any atom is -0.388 e. The maximum absolute atomic E-state index is 12.5. The van der Waals surface area contributed by atoms with Crippen LogP contribution in [-0.4, -0.2) is 59.7 Å². The van der Waals surface area contributed by atoms with Crippen LogP contribution in [0.4, 0.5) is 0 Å². The van der Waals surface area contributed by atoms with Crippen LogP contribution in [0.3, 0.4) is 0 Å². The van der Waals surface area contributed by atoms with E-state index in [9.17, 15) is 9.90 Å². The van der Waals surface area contributed by atoms with Gasteiger partial charge in [0.2, 0.25) is 5.91 Å². The second kappa shape index (κ2) is 10.1. The Kier molecular flexibility index (Phi) is 8.19. The van der Waals surface area contributed by atoms with E-state index >= 15 is 0 Å². The minimum absolute atomic E-state index is 0.172. The molecule has 2 rings (SSSR count). The van der Waals surface area contributed by atoms with Gasteiger partial charge in [-0.25, -0.2) is 0 Å². The molecule has 2 fully saturated rings. The van der Waals surface area contributed by atoms with Crippen molar-refractivity contribution in [1.82, 2.24) is 15.5 Å². The van der Waals surface area contributed by atoms with Gasteiger partial charge in [-0.3, -0.25) is 9.79 Å². The quantitative estimate of drug-likeness (QED) is 0.477. The van der Waals surface area contributed by atoms with Crippen molar-refractivity contribution in [3.63, 3.8) is 0 Å². The molecule has 1 saturated heterocycles. The van der Waals surface area contributed by atoms with Gasteiger partial charge in [0.25, 0.3) is 0 Å². The summed E-state index contributed by atoms with van der Waals surface area (Å²) in [6.07, 6.45) is 7.64. The number of hydrogen-bond donors (Lipinski definition) is 3. The van der Waals surface area contributed by atoms with Crippen molar-refractivity contribution >= 4 is 11.9 Å². The first-order valence-electron chi connectivity index (χ1n) is 10.6. The van der Waals surface area contributed by atoms with Gasteiger partial charge in [0.1, 0.15) is 0 Å². The Bertz CT molecular complexity index is 462. The third-order valence-corrected chi connectivity index (χ3v) is 5.89. The number of likely N-dealkylation sites (tertiary alicyclic amines) is 1. The van der Waals surface area contributed by atoms with Gasteiger partial charge in [-0.1, -0.05) is 26.7 Å². The Hall–Kier alpha value is -1.30. The van der Waals surface area contributed by atoms with Crippen LogP contribution in [0.1, 0.15) is 72.1 Å². The molecule has 0 aromatic carbocycles. The number of carbonyl (C=O) groups is 1. The van der Waals surface area contributed by atoms with Gasteiger partial charge in [-0.05, 0) is 45.4 Å². The predicted molar refractivity (Wildman–Crippen MR) is 106 cm³/mol. The number of carbonyl (C=O) groups excluding carboxylic acids is 1. The topological polar surface area (TPSA) is 77.0 Å². The van der Waals surface area contributed by atoms with Gasteiger partial charge >= 0.3 is 0 Å². The summed E-state index contributed by atoms with van der Waals surface area (Å²) in [6.45, 7) is 9.14. The molecule has 26 heavy (non-hydrogen) atoms. The molecule has 6 nitrogen and oxygen atoms in total. The number of aliphatic imine (C=N–C) groups is 1. The molecular formula is C20H38N4O2. The Morgan fingerprint density at radius 1 is 1.19 bits per heavy atom. The zero-order valence-electron chi connectivity index (χ0n) is 16.9. The molecule has 0 unspecified atom stereocenters. The van der Waals surface area contributed by atoms with Crippen molar-refractivity contribution in [3.05, 3.63) is 0 Å². The number of nitrogens with one attached hydrogen (secondary N) is 2. The summed E-state index contributed by atoms with van der Waals surface area (Å²) >= 11 is 0. The molecule has 0 aromatic rings. The van der Waals surface area contributed by atoms with E-state index in [2.05, 4.69) is 36.4 Å². The fourth-order valence-corrected chi connectivity index (χ4v) is 4.07. The highest BCUT2D eigenvalue weighted by Crippen LogP contribution is 2.29. The molecular weight excluding hydrogens is 328 g/mol. The highest BCUT2D eigenvalue weighted by atomic mass is 16.3. The highest BCUT2D eigenvalue weighted by Gasteiger charge is 2.31. The first-order valence-corrected chi connectivity index (χ1v) is 10.6. The standard InChI is InChI=1S/C20H38N4O2/c1-4-16(5-2)18(25)24-13-9-17(10-14-24)23-19(21-6-3)22-15-20(26)11-7-8-12-20/h16-17,26H,4-15H2,1-3H3,(H2,21,22,23). The summed E-state index contributed by atoms with van der Waals surface area (Å²) in [7, 11) is 0. The van der Waals surface area contributed by atoms with Crippen LogP contribution in [-0.2, 0) is 4.79 Å². The van der Waals surface area contributed by atoms with Gasteiger partial charge in [0.05, 0.1) is 12.1 Å². The Balaban J connectivity index is 1.84. The summed E-state index contributed by atoms with van der Waals surface area (Å²) in [6, 6.07) is 0.330. The molecule has 1 amide bonds. The molecule has 150 valence electrons.